The first-order chi connectivity index (χ1) is 8.06. The second-order valence-corrected chi connectivity index (χ2v) is 4.70. The van der Waals surface area contributed by atoms with Gasteiger partial charge in [0.05, 0.1) is 0 Å². The highest BCUT2D eigenvalue weighted by atomic mass is 32.2. The zero-order valence-electron chi connectivity index (χ0n) is 9.57. The third kappa shape index (κ3) is 2.74. The lowest BCUT2D eigenvalue weighted by atomic mass is 10.3. The number of anilines is 1. The summed E-state index contributed by atoms with van der Waals surface area (Å²) in [7, 11) is 0. The van der Waals surface area contributed by atoms with Crippen LogP contribution in [0.25, 0.3) is 0 Å². The van der Waals surface area contributed by atoms with Gasteiger partial charge < -0.3 is 5.73 Å². The van der Waals surface area contributed by atoms with Crippen molar-refractivity contribution >= 4 is 17.6 Å². The van der Waals surface area contributed by atoms with Gasteiger partial charge in [-0.15, -0.1) is 0 Å². The standard InChI is InChI=1S/C12H12FN3S/c1-7-11(14)15-8(2)16-12(7)17-10-5-3-9(13)4-6-10/h3-6H,1-2H3,(H2,14,15,16). The highest BCUT2D eigenvalue weighted by Gasteiger charge is 2.08. The first-order valence-corrected chi connectivity index (χ1v) is 5.92. The molecule has 1 heterocycles. The quantitative estimate of drug-likeness (QED) is 0.831. The molecule has 17 heavy (non-hydrogen) atoms. The number of nitrogens with zero attached hydrogens (tertiary/aromatic N) is 2. The Morgan fingerprint density at radius 2 is 1.76 bits per heavy atom. The molecular formula is C12H12FN3S. The molecule has 0 aliphatic carbocycles. The first kappa shape index (κ1) is 11.9. The van der Waals surface area contributed by atoms with Gasteiger partial charge in [-0.1, -0.05) is 11.8 Å². The van der Waals surface area contributed by atoms with Crippen molar-refractivity contribution in [2.75, 3.05) is 5.73 Å². The Hall–Kier alpha value is -1.62. The minimum Gasteiger partial charge on any atom is -0.383 e. The molecule has 0 saturated carbocycles. The van der Waals surface area contributed by atoms with Crippen molar-refractivity contribution in [2.45, 2.75) is 23.8 Å². The largest absolute Gasteiger partial charge is 0.383 e. The van der Waals surface area contributed by atoms with Crippen molar-refractivity contribution in [3.05, 3.63) is 41.5 Å². The fraction of sp³-hybridized carbons (Fsp3) is 0.167. The van der Waals surface area contributed by atoms with Gasteiger partial charge in [0.25, 0.3) is 0 Å². The normalized spacial score (nSPS) is 10.5. The first-order valence-electron chi connectivity index (χ1n) is 5.10. The summed E-state index contributed by atoms with van der Waals surface area (Å²) in [6.07, 6.45) is 0. The molecule has 0 fully saturated rings. The summed E-state index contributed by atoms with van der Waals surface area (Å²) in [6.45, 7) is 3.67. The summed E-state index contributed by atoms with van der Waals surface area (Å²) >= 11 is 1.45. The lowest BCUT2D eigenvalue weighted by molar-refractivity contribution is 0.626. The van der Waals surface area contributed by atoms with Gasteiger partial charge in [-0.2, -0.15) is 0 Å². The smallest absolute Gasteiger partial charge is 0.131 e. The Morgan fingerprint density at radius 3 is 2.41 bits per heavy atom. The third-order valence-corrected chi connectivity index (χ3v) is 3.38. The van der Waals surface area contributed by atoms with Crippen LogP contribution in [0, 0.1) is 19.7 Å². The topological polar surface area (TPSA) is 51.8 Å². The number of hydrogen-bond donors (Lipinski definition) is 1. The Bertz CT molecular complexity index is 540. The Kier molecular flexibility index (Phi) is 3.28. The molecule has 1 aromatic heterocycles. The molecule has 0 aliphatic heterocycles. The van der Waals surface area contributed by atoms with Gasteiger partial charge in [0, 0.05) is 10.5 Å². The van der Waals surface area contributed by atoms with Crippen molar-refractivity contribution in [1.29, 1.82) is 0 Å². The minimum absolute atomic E-state index is 0.246. The molecule has 0 bridgehead atoms. The molecule has 0 atom stereocenters. The van der Waals surface area contributed by atoms with Crippen LogP contribution in [0.1, 0.15) is 11.4 Å². The molecule has 2 N–H and O–H groups in total. The van der Waals surface area contributed by atoms with Crippen LogP contribution < -0.4 is 5.73 Å². The molecule has 0 spiro atoms. The van der Waals surface area contributed by atoms with Gasteiger partial charge in [-0.05, 0) is 38.1 Å². The van der Waals surface area contributed by atoms with Crippen molar-refractivity contribution in [3.63, 3.8) is 0 Å². The summed E-state index contributed by atoms with van der Waals surface area (Å²) in [6, 6.07) is 6.28. The van der Waals surface area contributed by atoms with E-state index in [1.807, 2.05) is 6.92 Å². The molecule has 0 amide bonds. The molecular weight excluding hydrogens is 237 g/mol. The maximum Gasteiger partial charge on any atom is 0.131 e. The summed E-state index contributed by atoms with van der Waals surface area (Å²) in [5.41, 5.74) is 6.63. The summed E-state index contributed by atoms with van der Waals surface area (Å²) in [5.74, 6) is 0.879. The summed E-state index contributed by atoms with van der Waals surface area (Å²) < 4.78 is 12.8. The van der Waals surface area contributed by atoms with E-state index in [1.54, 1.807) is 19.1 Å². The molecule has 0 radical (unpaired) electrons. The maximum atomic E-state index is 12.8. The summed E-state index contributed by atoms with van der Waals surface area (Å²) in [4.78, 5) is 9.34. The van der Waals surface area contributed by atoms with Crippen LogP contribution in [-0.4, -0.2) is 9.97 Å². The number of aryl methyl sites for hydroxylation is 1. The van der Waals surface area contributed by atoms with Crippen LogP contribution in [0.15, 0.2) is 34.2 Å². The van der Waals surface area contributed by atoms with Gasteiger partial charge in [-0.25, -0.2) is 14.4 Å². The molecule has 2 rings (SSSR count). The molecule has 1 aromatic carbocycles. The van der Waals surface area contributed by atoms with E-state index in [-0.39, 0.29) is 5.82 Å². The van der Waals surface area contributed by atoms with E-state index in [2.05, 4.69) is 9.97 Å². The van der Waals surface area contributed by atoms with E-state index in [4.69, 9.17) is 5.73 Å². The van der Waals surface area contributed by atoms with Crippen molar-refractivity contribution in [1.82, 2.24) is 9.97 Å². The van der Waals surface area contributed by atoms with Crippen LogP contribution in [0.5, 0.6) is 0 Å². The average molecular weight is 249 g/mol. The van der Waals surface area contributed by atoms with Crippen LogP contribution in [0.3, 0.4) is 0 Å². The highest BCUT2D eigenvalue weighted by molar-refractivity contribution is 7.99. The van der Waals surface area contributed by atoms with Crippen molar-refractivity contribution < 1.29 is 4.39 Å². The maximum absolute atomic E-state index is 12.8. The number of hydrogen-bond acceptors (Lipinski definition) is 4. The van der Waals surface area contributed by atoms with E-state index >= 15 is 0 Å². The van der Waals surface area contributed by atoms with Crippen LogP contribution in [-0.2, 0) is 0 Å². The minimum atomic E-state index is -0.246. The van der Waals surface area contributed by atoms with E-state index < -0.39 is 0 Å². The Morgan fingerprint density at radius 1 is 1.12 bits per heavy atom. The number of nitrogen functional groups attached to an aromatic ring is 1. The number of rotatable bonds is 2. The molecule has 0 unspecified atom stereocenters. The van der Waals surface area contributed by atoms with E-state index in [0.29, 0.717) is 11.6 Å². The third-order valence-electron chi connectivity index (χ3n) is 2.28. The number of halogens is 1. The molecule has 3 nitrogen and oxygen atoms in total. The van der Waals surface area contributed by atoms with Gasteiger partial charge in [0.2, 0.25) is 0 Å². The summed E-state index contributed by atoms with van der Waals surface area (Å²) in [5, 5.41) is 0.807. The average Bonchev–Trinajstić information content (AvgIpc) is 2.28. The molecule has 2 aromatic rings. The number of benzene rings is 1. The predicted octanol–water partition coefficient (Wildman–Crippen LogP) is 2.97. The lowest BCUT2D eigenvalue weighted by Gasteiger charge is -2.07. The Labute approximate surface area is 103 Å². The second-order valence-electron chi connectivity index (χ2n) is 3.64. The van der Waals surface area contributed by atoms with E-state index in [0.717, 1.165) is 15.5 Å². The zero-order valence-corrected chi connectivity index (χ0v) is 10.4. The fourth-order valence-corrected chi connectivity index (χ4v) is 2.27. The van der Waals surface area contributed by atoms with Gasteiger partial charge >= 0.3 is 0 Å². The predicted molar refractivity (Wildman–Crippen MR) is 66.4 cm³/mol. The lowest BCUT2D eigenvalue weighted by Crippen LogP contribution is -2.01. The molecule has 88 valence electrons. The molecule has 0 aliphatic rings. The number of aromatic nitrogens is 2. The Balaban J connectivity index is 2.32. The molecule has 5 heteroatoms. The van der Waals surface area contributed by atoms with Crippen LogP contribution in [0.2, 0.25) is 0 Å². The monoisotopic (exact) mass is 249 g/mol. The second kappa shape index (κ2) is 4.71. The zero-order chi connectivity index (χ0) is 12.4. The molecule has 0 saturated heterocycles. The van der Waals surface area contributed by atoms with Crippen LogP contribution >= 0.6 is 11.8 Å². The van der Waals surface area contributed by atoms with Gasteiger partial charge in [-0.3, -0.25) is 0 Å². The van der Waals surface area contributed by atoms with E-state index in [9.17, 15) is 4.39 Å². The van der Waals surface area contributed by atoms with E-state index in [1.165, 1.54) is 23.9 Å². The number of nitrogens with two attached hydrogens (primary N) is 1. The van der Waals surface area contributed by atoms with Crippen molar-refractivity contribution in [3.8, 4) is 0 Å². The fourth-order valence-electron chi connectivity index (χ4n) is 1.34. The van der Waals surface area contributed by atoms with Gasteiger partial charge in [0.15, 0.2) is 0 Å². The highest BCUT2D eigenvalue weighted by Crippen LogP contribution is 2.30. The van der Waals surface area contributed by atoms with Crippen molar-refractivity contribution in [2.24, 2.45) is 0 Å². The van der Waals surface area contributed by atoms with Gasteiger partial charge in [0.1, 0.15) is 22.5 Å². The van der Waals surface area contributed by atoms with Crippen LogP contribution in [0.4, 0.5) is 10.2 Å². The SMILES string of the molecule is Cc1nc(N)c(C)c(Sc2ccc(F)cc2)n1.